The second kappa shape index (κ2) is 7.17. The molecule has 4 nitrogen and oxygen atoms in total. The van der Waals surface area contributed by atoms with Crippen LogP contribution in [0, 0.1) is 0 Å². The summed E-state index contributed by atoms with van der Waals surface area (Å²) in [6.07, 6.45) is -0.0256. The van der Waals surface area contributed by atoms with E-state index in [1.165, 1.54) is 12.1 Å². The number of hydrogen-bond donors (Lipinski definition) is 1. The van der Waals surface area contributed by atoms with Crippen molar-refractivity contribution in [2.75, 3.05) is 26.2 Å². The Bertz CT molecular complexity index is 448. The molecule has 0 aromatic heterocycles. The standard InChI is InChI=1S/C13H17ClF2N2O2/c14-10-1-2-12(20-13(15)16)9(5-10)7-18-3-4-19-11(6-17)8-18/h1-2,5,11,13H,3-4,6-8,17H2. The Balaban J connectivity index is 2.08. The van der Waals surface area contributed by atoms with E-state index in [1.54, 1.807) is 6.07 Å². The highest BCUT2D eigenvalue weighted by molar-refractivity contribution is 6.30. The normalized spacial score (nSPS) is 20.4. The van der Waals surface area contributed by atoms with E-state index in [0.29, 0.717) is 36.8 Å². The highest BCUT2D eigenvalue weighted by atomic mass is 35.5. The van der Waals surface area contributed by atoms with Crippen LogP contribution in [0.5, 0.6) is 5.75 Å². The zero-order chi connectivity index (χ0) is 14.5. The van der Waals surface area contributed by atoms with Crippen molar-refractivity contribution in [2.45, 2.75) is 19.3 Å². The summed E-state index contributed by atoms with van der Waals surface area (Å²) >= 11 is 5.92. The fourth-order valence-corrected chi connectivity index (χ4v) is 2.38. The van der Waals surface area contributed by atoms with Gasteiger partial charge in [-0.25, -0.2) is 0 Å². The molecule has 1 atom stereocenters. The van der Waals surface area contributed by atoms with Crippen molar-refractivity contribution in [3.8, 4) is 5.75 Å². The molecule has 1 heterocycles. The minimum absolute atomic E-state index is 0.0256. The summed E-state index contributed by atoms with van der Waals surface area (Å²) in [7, 11) is 0. The number of nitrogens with zero attached hydrogens (tertiary/aromatic N) is 1. The van der Waals surface area contributed by atoms with Gasteiger partial charge in [-0.1, -0.05) is 11.6 Å². The summed E-state index contributed by atoms with van der Waals surface area (Å²) in [4.78, 5) is 2.09. The van der Waals surface area contributed by atoms with Gasteiger partial charge < -0.3 is 15.2 Å². The number of morpholine rings is 1. The SMILES string of the molecule is NCC1CN(Cc2cc(Cl)ccc2OC(F)F)CCO1. The van der Waals surface area contributed by atoms with Crippen molar-refractivity contribution >= 4 is 11.6 Å². The quantitative estimate of drug-likeness (QED) is 0.905. The zero-order valence-electron chi connectivity index (χ0n) is 10.9. The molecule has 0 saturated carbocycles. The Morgan fingerprint density at radius 3 is 3.00 bits per heavy atom. The maximum atomic E-state index is 12.4. The van der Waals surface area contributed by atoms with Crippen molar-refractivity contribution in [2.24, 2.45) is 5.73 Å². The van der Waals surface area contributed by atoms with Crippen LogP contribution in [0.3, 0.4) is 0 Å². The predicted octanol–water partition coefficient (Wildman–Crippen LogP) is 2.10. The van der Waals surface area contributed by atoms with Crippen molar-refractivity contribution in [1.82, 2.24) is 4.90 Å². The van der Waals surface area contributed by atoms with Crippen molar-refractivity contribution in [3.63, 3.8) is 0 Å². The van der Waals surface area contributed by atoms with Gasteiger partial charge in [0, 0.05) is 36.8 Å². The summed E-state index contributed by atoms with van der Waals surface area (Å²) < 4.78 is 34.8. The fourth-order valence-electron chi connectivity index (χ4n) is 2.19. The summed E-state index contributed by atoms with van der Waals surface area (Å²) in [5.41, 5.74) is 6.22. The van der Waals surface area contributed by atoms with Crippen molar-refractivity contribution < 1.29 is 18.3 Å². The van der Waals surface area contributed by atoms with E-state index in [1.807, 2.05) is 0 Å². The lowest BCUT2D eigenvalue weighted by atomic mass is 10.1. The number of ether oxygens (including phenoxy) is 2. The molecule has 2 N–H and O–H groups in total. The van der Waals surface area contributed by atoms with E-state index in [-0.39, 0.29) is 11.9 Å². The first-order valence-electron chi connectivity index (χ1n) is 6.35. The van der Waals surface area contributed by atoms with Gasteiger partial charge in [0.05, 0.1) is 12.7 Å². The molecular weight excluding hydrogens is 290 g/mol. The first-order chi connectivity index (χ1) is 9.58. The molecule has 1 aromatic carbocycles. The number of benzene rings is 1. The number of halogens is 3. The largest absolute Gasteiger partial charge is 0.434 e. The van der Waals surface area contributed by atoms with Crippen LogP contribution in [0.25, 0.3) is 0 Å². The molecule has 0 spiro atoms. The Hall–Kier alpha value is -0.950. The smallest absolute Gasteiger partial charge is 0.387 e. The predicted molar refractivity (Wildman–Crippen MR) is 72.2 cm³/mol. The molecule has 112 valence electrons. The molecule has 20 heavy (non-hydrogen) atoms. The molecule has 1 aliphatic heterocycles. The fraction of sp³-hybridized carbons (Fsp3) is 0.538. The van der Waals surface area contributed by atoms with Gasteiger partial charge in [-0.2, -0.15) is 8.78 Å². The Labute approximate surface area is 121 Å². The monoisotopic (exact) mass is 306 g/mol. The first kappa shape index (κ1) is 15.4. The van der Waals surface area contributed by atoms with Gasteiger partial charge in [-0.05, 0) is 18.2 Å². The van der Waals surface area contributed by atoms with E-state index in [9.17, 15) is 8.78 Å². The molecule has 1 fully saturated rings. The van der Waals surface area contributed by atoms with Crippen LogP contribution in [0.4, 0.5) is 8.78 Å². The first-order valence-corrected chi connectivity index (χ1v) is 6.73. The van der Waals surface area contributed by atoms with Gasteiger partial charge >= 0.3 is 6.61 Å². The second-order valence-electron chi connectivity index (χ2n) is 4.59. The third kappa shape index (κ3) is 4.28. The molecule has 0 bridgehead atoms. The summed E-state index contributed by atoms with van der Waals surface area (Å²) in [6, 6.07) is 4.64. The summed E-state index contributed by atoms with van der Waals surface area (Å²) in [5.74, 6) is 0.153. The third-order valence-electron chi connectivity index (χ3n) is 3.12. The molecule has 0 aliphatic carbocycles. The van der Waals surface area contributed by atoms with Crippen LogP contribution in [0.15, 0.2) is 18.2 Å². The maximum Gasteiger partial charge on any atom is 0.387 e. The molecule has 0 radical (unpaired) electrons. The minimum Gasteiger partial charge on any atom is -0.434 e. The Morgan fingerprint density at radius 1 is 1.50 bits per heavy atom. The number of nitrogens with two attached hydrogens (primary N) is 1. The topological polar surface area (TPSA) is 47.7 Å². The van der Waals surface area contributed by atoms with Crippen LogP contribution in [-0.4, -0.2) is 43.9 Å². The van der Waals surface area contributed by atoms with Crippen LogP contribution in [0.2, 0.25) is 5.02 Å². The van der Waals surface area contributed by atoms with Gasteiger partial charge in [-0.15, -0.1) is 0 Å². The number of hydrogen-bond acceptors (Lipinski definition) is 4. The number of alkyl halides is 2. The van der Waals surface area contributed by atoms with E-state index in [0.717, 1.165) is 6.54 Å². The van der Waals surface area contributed by atoms with Gasteiger partial charge in [0.15, 0.2) is 0 Å². The highest BCUT2D eigenvalue weighted by Gasteiger charge is 2.21. The lowest BCUT2D eigenvalue weighted by Gasteiger charge is -2.32. The lowest BCUT2D eigenvalue weighted by molar-refractivity contribution is -0.0521. The molecule has 1 aromatic rings. The summed E-state index contributed by atoms with van der Waals surface area (Å²) in [5, 5.41) is 0.491. The molecular formula is C13H17ClF2N2O2. The minimum atomic E-state index is -2.85. The number of rotatable bonds is 5. The maximum absolute atomic E-state index is 12.4. The van der Waals surface area contributed by atoms with Gasteiger partial charge in [0.1, 0.15) is 5.75 Å². The average molecular weight is 307 g/mol. The molecule has 1 aliphatic rings. The van der Waals surface area contributed by atoms with Crippen molar-refractivity contribution in [3.05, 3.63) is 28.8 Å². The van der Waals surface area contributed by atoms with Gasteiger partial charge in [0.2, 0.25) is 0 Å². The van der Waals surface area contributed by atoms with Crippen LogP contribution < -0.4 is 10.5 Å². The van der Waals surface area contributed by atoms with E-state index >= 15 is 0 Å². The zero-order valence-corrected chi connectivity index (χ0v) is 11.7. The lowest BCUT2D eigenvalue weighted by Crippen LogP contribution is -2.45. The van der Waals surface area contributed by atoms with Crippen LogP contribution in [-0.2, 0) is 11.3 Å². The van der Waals surface area contributed by atoms with Crippen molar-refractivity contribution in [1.29, 1.82) is 0 Å². The van der Waals surface area contributed by atoms with Crippen LogP contribution in [0.1, 0.15) is 5.56 Å². The molecule has 0 amide bonds. The van der Waals surface area contributed by atoms with Gasteiger partial charge in [0.25, 0.3) is 0 Å². The molecule has 1 saturated heterocycles. The van der Waals surface area contributed by atoms with E-state index in [4.69, 9.17) is 22.1 Å². The van der Waals surface area contributed by atoms with Gasteiger partial charge in [-0.3, -0.25) is 4.90 Å². The Morgan fingerprint density at radius 2 is 2.30 bits per heavy atom. The molecule has 7 heteroatoms. The summed E-state index contributed by atoms with van der Waals surface area (Å²) in [6.45, 7) is 0.0211. The van der Waals surface area contributed by atoms with E-state index in [2.05, 4.69) is 9.64 Å². The third-order valence-corrected chi connectivity index (χ3v) is 3.35. The highest BCUT2D eigenvalue weighted by Crippen LogP contribution is 2.26. The Kier molecular flexibility index (Phi) is 5.54. The van der Waals surface area contributed by atoms with E-state index < -0.39 is 6.61 Å². The average Bonchev–Trinajstić information content (AvgIpc) is 2.42. The second-order valence-corrected chi connectivity index (χ2v) is 5.03. The van der Waals surface area contributed by atoms with Crippen LogP contribution >= 0.6 is 11.6 Å². The molecule has 2 rings (SSSR count). The molecule has 1 unspecified atom stereocenters.